The maximum absolute atomic E-state index is 12.3. The van der Waals surface area contributed by atoms with E-state index in [-0.39, 0.29) is 23.9 Å². The Kier molecular flexibility index (Phi) is 6.37. The number of esters is 1. The molecule has 0 unspecified atom stereocenters. The lowest BCUT2D eigenvalue weighted by molar-refractivity contribution is -0.385. The second-order valence-electron chi connectivity index (χ2n) is 6.90. The molecule has 0 saturated heterocycles. The molecule has 1 aliphatic rings. The van der Waals surface area contributed by atoms with Gasteiger partial charge in [-0.25, -0.2) is 9.79 Å². The molecule has 0 saturated carbocycles. The van der Waals surface area contributed by atoms with E-state index in [0.717, 1.165) is 0 Å². The average Bonchev–Trinajstić information content (AvgIpc) is 3.18. The molecule has 8 nitrogen and oxygen atoms in total. The van der Waals surface area contributed by atoms with Gasteiger partial charge >= 0.3 is 5.97 Å². The zero-order chi connectivity index (χ0) is 23.4. The van der Waals surface area contributed by atoms with Crippen molar-refractivity contribution in [2.45, 2.75) is 6.61 Å². The predicted octanol–water partition coefficient (Wildman–Crippen LogP) is 5.18. The SMILES string of the molecule is COc1cc(/C=C2\N=C(c3ccccc3Cl)OC2=O)ccc1OCc1ccccc1[N+](=O)[O-]. The Morgan fingerprint density at radius 3 is 2.61 bits per heavy atom. The highest BCUT2D eigenvalue weighted by molar-refractivity contribution is 6.34. The minimum absolute atomic E-state index is 0.00817. The Balaban J connectivity index is 1.56. The van der Waals surface area contributed by atoms with Crippen molar-refractivity contribution in [3.63, 3.8) is 0 Å². The van der Waals surface area contributed by atoms with Crippen molar-refractivity contribution in [3.05, 3.63) is 104 Å². The number of hydrogen-bond donors (Lipinski definition) is 0. The van der Waals surface area contributed by atoms with Crippen molar-refractivity contribution >= 4 is 35.2 Å². The summed E-state index contributed by atoms with van der Waals surface area (Å²) in [7, 11) is 1.47. The van der Waals surface area contributed by atoms with Crippen molar-refractivity contribution < 1.29 is 23.9 Å². The number of cyclic esters (lactones) is 1. The molecular weight excluding hydrogens is 448 g/mol. The average molecular weight is 465 g/mol. The first-order valence-electron chi connectivity index (χ1n) is 9.77. The van der Waals surface area contributed by atoms with Gasteiger partial charge in [0, 0.05) is 6.07 Å². The number of nitro groups is 1. The van der Waals surface area contributed by atoms with Gasteiger partial charge in [0.25, 0.3) is 5.69 Å². The van der Waals surface area contributed by atoms with Gasteiger partial charge in [-0.15, -0.1) is 0 Å². The topological polar surface area (TPSA) is 100 Å². The van der Waals surface area contributed by atoms with E-state index in [0.29, 0.717) is 33.2 Å². The number of carbonyl (C=O) groups is 1. The van der Waals surface area contributed by atoms with Crippen LogP contribution in [0.4, 0.5) is 5.69 Å². The number of nitrogens with zero attached hydrogens (tertiary/aromatic N) is 2. The second kappa shape index (κ2) is 9.54. The minimum atomic E-state index is -0.597. The van der Waals surface area contributed by atoms with E-state index in [1.165, 1.54) is 13.2 Å². The maximum atomic E-state index is 12.3. The van der Waals surface area contributed by atoms with Gasteiger partial charge in [-0.2, -0.15) is 0 Å². The highest BCUT2D eigenvalue weighted by atomic mass is 35.5. The van der Waals surface area contributed by atoms with Crippen LogP contribution in [0.25, 0.3) is 6.08 Å². The normalized spacial score (nSPS) is 14.1. The second-order valence-corrected chi connectivity index (χ2v) is 7.31. The van der Waals surface area contributed by atoms with Crippen molar-refractivity contribution in [2.24, 2.45) is 4.99 Å². The van der Waals surface area contributed by atoms with Crippen LogP contribution in [0, 0.1) is 10.1 Å². The largest absolute Gasteiger partial charge is 0.493 e. The van der Waals surface area contributed by atoms with Crippen molar-refractivity contribution in [1.29, 1.82) is 0 Å². The summed E-state index contributed by atoms with van der Waals surface area (Å²) in [4.78, 5) is 27.3. The van der Waals surface area contributed by atoms with Crippen LogP contribution in [0.5, 0.6) is 11.5 Å². The Bertz CT molecular complexity index is 1300. The first-order chi connectivity index (χ1) is 16.0. The third-order valence-electron chi connectivity index (χ3n) is 4.79. The molecule has 0 amide bonds. The van der Waals surface area contributed by atoms with E-state index in [4.69, 9.17) is 25.8 Å². The van der Waals surface area contributed by atoms with E-state index in [1.54, 1.807) is 66.7 Å². The number of aliphatic imine (C=N–C) groups is 1. The minimum Gasteiger partial charge on any atom is -0.493 e. The van der Waals surface area contributed by atoms with Crippen LogP contribution in [0.1, 0.15) is 16.7 Å². The van der Waals surface area contributed by atoms with Crippen molar-refractivity contribution in [3.8, 4) is 11.5 Å². The molecule has 0 aliphatic carbocycles. The van der Waals surface area contributed by atoms with E-state index < -0.39 is 10.9 Å². The Morgan fingerprint density at radius 1 is 1.09 bits per heavy atom. The van der Waals surface area contributed by atoms with E-state index >= 15 is 0 Å². The summed E-state index contributed by atoms with van der Waals surface area (Å²) in [6.07, 6.45) is 1.56. The Hall–Kier alpha value is -4.17. The summed E-state index contributed by atoms with van der Waals surface area (Å²) >= 11 is 6.16. The number of rotatable bonds is 7. The molecule has 3 aromatic carbocycles. The van der Waals surface area contributed by atoms with E-state index in [1.807, 2.05) is 0 Å². The third kappa shape index (κ3) is 4.86. The van der Waals surface area contributed by atoms with Gasteiger partial charge in [0.05, 0.1) is 28.2 Å². The zero-order valence-electron chi connectivity index (χ0n) is 17.4. The van der Waals surface area contributed by atoms with Gasteiger partial charge in [-0.3, -0.25) is 10.1 Å². The number of para-hydroxylation sites is 1. The van der Waals surface area contributed by atoms with Gasteiger partial charge < -0.3 is 14.2 Å². The highest BCUT2D eigenvalue weighted by Gasteiger charge is 2.25. The predicted molar refractivity (Wildman–Crippen MR) is 122 cm³/mol. The Morgan fingerprint density at radius 2 is 1.85 bits per heavy atom. The first-order valence-corrected chi connectivity index (χ1v) is 10.1. The summed E-state index contributed by atoms with van der Waals surface area (Å²) in [5, 5.41) is 11.6. The zero-order valence-corrected chi connectivity index (χ0v) is 18.1. The fourth-order valence-corrected chi connectivity index (χ4v) is 3.39. The number of benzene rings is 3. The molecule has 0 aromatic heterocycles. The van der Waals surface area contributed by atoms with Gasteiger partial charge in [0.15, 0.2) is 17.2 Å². The van der Waals surface area contributed by atoms with Crippen molar-refractivity contribution in [1.82, 2.24) is 0 Å². The number of halogens is 1. The fraction of sp³-hybridized carbons (Fsp3) is 0.0833. The molecule has 0 bridgehead atoms. The summed E-state index contributed by atoms with van der Waals surface area (Å²) in [6, 6.07) is 18.3. The molecule has 4 rings (SSSR count). The highest BCUT2D eigenvalue weighted by Crippen LogP contribution is 2.31. The Labute approximate surface area is 193 Å². The van der Waals surface area contributed by atoms with Crippen LogP contribution in [-0.2, 0) is 16.1 Å². The monoisotopic (exact) mass is 464 g/mol. The summed E-state index contributed by atoms with van der Waals surface area (Å²) in [6.45, 7) is -0.00817. The lowest BCUT2D eigenvalue weighted by Crippen LogP contribution is -2.05. The smallest absolute Gasteiger partial charge is 0.363 e. The molecule has 0 spiro atoms. The number of carbonyl (C=O) groups excluding carboxylic acids is 1. The molecule has 9 heteroatoms. The van der Waals surface area contributed by atoms with Crippen LogP contribution < -0.4 is 9.47 Å². The maximum Gasteiger partial charge on any atom is 0.363 e. The molecule has 3 aromatic rings. The van der Waals surface area contributed by atoms with Crippen LogP contribution in [0.3, 0.4) is 0 Å². The molecule has 0 fully saturated rings. The van der Waals surface area contributed by atoms with Crippen LogP contribution >= 0.6 is 11.6 Å². The number of hydrogen-bond acceptors (Lipinski definition) is 7. The molecule has 33 heavy (non-hydrogen) atoms. The lowest BCUT2D eigenvalue weighted by atomic mass is 10.1. The summed E-state index contributed by atoms with van der Waals surface area (Å²) < 4.78 is 16.4. The molecule has 1 heterocycles. The van der Waals surface area contributed by atoms with E-state index in [9.17, 15) is 14.9 Å². The molecule has 0 atom stereocenters. The van der Waals surface area contributed by atoms with Gasteiger partial charge in [0.1, 0.15) is 6.61 Å². The molecule has 166 valence electrons. The number of ether oxygens (including phenoxy) is 3. The number of nitro benzene ring substituents is 1. The first kappa shape index (κ1) is 22.0. The van der Waals surface area contributed by atoms with Gasteiger partial charge in [0.2, 0.25) is 5.90 Å². The molecule has 1 aliphatic heterocycles. The summed E-state index contributed by atoms with van der Waals surface area (Å²) in [5.41, 5.74) is 1.67. The lowest BCUT2D eigenvalue weighted by Gasteiger charge is -2.11. The molecule has 0 N–H and O–H groups in total. The van der Waals surface area contributed by atoms with Crippen LogP contribution in [0.15, 0.2) is 77.4 Å². The molecular formula is C24H17ClN2O6. The molecule has 0 radical (unpaired) electrons. The van der Waals surface area contributed by atoms with Gasteiger partial charge in [-0.1, -0.05) is 41.9 Å². The summed E-state index contributed by atoms with van der Waals surface area (Å²) in [5.74, 6) is 0.325. The fourth-order valence-electron chi connectivity index (χ4n) is 3.18. The van der Waals surface area contributed by atoms with Gasteiger partial charge in [-0.05, 0) is 42.0 Å². The van der Waals surface area contributed by atoms with Crippen LogP contribution in [0.2, 0.25) is 5.02 Å². The third-order valence-corrected chi connectivity index (χ3v) is 5.12. The van der Waals surface area contributed by atoms with Crippen molar-refractivity contribution in [2.75, 3.05) is 7.11 Å². The quantitative estimate of drug-likeness (QED) is 0.207. The van der Waals surface area contributed by atoms with E-state index in [2.05, 4.69) is 4.99 Å². The standard InChI is InChI=1S/C24H17ClN2O6/c1-31-22-13-15(10-11-21(22)32-14-16-6-2-5-9-20(16)27(29)30)12-19-24(28)33-23(26-19)17-7-3-4-8-18(17)25/h2-13H,14H2,1H3/b19-12-. The number of methoxy groups -OCH3 is 1. The van der Waals surface area contributed by atoms with Crippen LogP contribution in [-0.4, -0.2) is 23.9 Å².